The van der Waals surface area contributed by atoms with Gasteiger partial charge in [0.2, 0.25) is 0 Å². The Balaban J connectivity index is 0.000000206. The molecule has 0 aromatic heterocycles. The van der Waals surface area contributed by atoms with Gasteiger partial charge in [-0.25, -0.2) is 0 Å². The van der Waals surface area contributed by atoms with Crippen LogP contribution < -0.4 is 0 Å². The maximum Gasteiger partial charge on any atom is -0.0533 e. The van der Waals surface area contributed by atoms with Crippen LogP contribution >= 0.6 is 0 Å². The zero-order chi connectivity index (χ0) is 10.5. The molecule has 0 atom stereocenters. The zero-order valence-electron chi connectivity index (χ0n) is 9.12. The Kier molecular flexibility index (Phi) is 11.1. The minimum atomic E-state index is 1.50. The van der Waals surface area contributed by atoms with E-state index < -0.39 is 0 Å². The molecule has 0 aliphatic heterocycles. The van der Waals surface area contributed by atoms with Gasteiger partial charge in [-0.3, -0.25) is 0 Å². The van der Waals surface area contributed by atoms with Crippen molar-refractivity contribution in [3.8, 4) is 0 Å². The van der Waals surface area contributed by atoms with Crippen molar-refractivity contribution in [3.05, 3.63) is 49.6 Å². The van der Waals surface area contributed by atoms with Crippen LogP contribution in [0.3, 0.4) is 0 Å². The summed E-state index contributed by atoms with van der Waals surface area (Å²) in [5, 5.41) is 0. The first-order valence-corrected chi connectivity index (χ1v) is 5.50. The average Bonchev–Trinajstić information content (AvgIpc) is 2.37. The maximum absolute atomic E-state index is 3.00. The standard InChI is InChI=1S/C6H12.C6H6.C2H4/c2*1-2-4-6-5-3-1;1-2/h1-6H2;1-6H;1-2H2. The van der Waals surface area contributed by atoms with Crippen molar-refractivity contribution in [2.75, 3.05) is 0 Å². The third kappa shape index (κ3) is 9.05. The van der Waals surface area contributed by atoms with E-state index in [0.717, 1.165) is 0 Å². The second-order valence-electron chi connectivity index (χ2n) is 3.28. The molecular formula is C14H22. The lowest BCUT2D eigenvalue weighted by molar-refractivity contribution is 0.504. The maximum atomic E-state index is 3.00. The molecule has 1 aromatic carbocycles. The smallest absolute Gasteiger partial charge is 0.0533 e. The molecule has 0 nitrogen and oxygen atoms in total. The molecule has 0 bridgehead atoms. The van der Waals surface area contributed by atoms with Crippen LogP contribution in [0.25, 0.3) is 0 Å². The summed E-state index contributed by atoms with van der Waals surface area (Å²) in [6.07, 6.45) is 9.00. The molecular weight excluding hydrogens is 168 g/mol. The van der Waals surface area contributed by atoms with Gasteiger partial charge in [0.15, 0.2) is 0 Å². The van der Waals surface area contributed by atoms with E-state index in [0.29, 0.717) is 0 Å². The Labute approximate surface area is 88.7 Å². The van der Waals surface area contributed by atoms with Gasteiger partial charge in [0.1, 0.15) is 0 Å². The summed E-state index contributed by atoms with van der Waals surface area (Å²) < 4.78 is 0. The Morgan fingerprint density at radius 1 is 0.429 bits per heavy atom. The SMILES string of the molecule is C1CCCCC1.C=C.c1ccccc1. The van der Waals surface area contributed by atoms with Gasteiger partial charge in [-0.1, -0.05) is 74.9 Å². The van der Waals surface area contributed by atoms with Gasteiger partial charge >= 0.3 is 0 Å². The van der Waals surface area contributed by atoms with Crippen molar-refractivity contribution in [2.24, 2.45) is 0 Å². The highest BCUT2D eigenvalue weighted by molar-refractivity contribution is 4.99. The molecule has 0 heterocycles. The first kappa shape index (κ1) is 13.0. The summed E-state index contributed by atoms with van der Waals surface area (Å²) in [5.74, 6) is 0. The Morgan fingerprint density at radius 2 is 0.571 bits per heavy atom. The van der Waals surface area contributed by atoms with Gasteiger partial charge in [0.25, 0.3) is 0 Å². The molecule has 1 aliphatic carbocycles. The van der Waals surface area contributed by atoms with Gasteiger partial charge in [-0.2, -0.15) is 0 Å². The van der Waals surface area contributed by atoms with Crippen LogP contribution in [0.2, 0.25) is 0 Å². The van der Waals surface area contributed by atoms with Crippen LogP contribution in [0.5, 0.6) is 0 Å². The fraction of sp³-hybridized carbons (Fsp3) is 0.429. The van der Waals surface area contributed by atoms with Crippen LogP contribution in [0.4, 0.5) is 0 Å². The van der Waals surface area contributed by atoms with Crippen molar-refractivity contribution in [1.29, 1.82) is 0 Å². The van der Waals surface area contributed by atoms with Crippen molar-refractivity contribution in [3.63, 3.8) is 0 Å². The van der Waals surface area contributed by atoms with E-state index in [9.17, 15) is 0 Å². The number of rotatable bonds is 0. The van der Waals surface area contributed by atoms with E-state index in [1.54, 1.807) is 0 Å². The molecule has 1 aromatic rings. The summed E-state index contributed by atoms with van der Waals surface area (Å²) in [5.41, 5.74) is 0. The Bertz CT molecular complexity index is 136. The zero-order valence-corrected chi connectivity index (χ0v) is 9.12. The topological polar surface area (TPSA) is 0 Å². The van der Waals surface area contributed by atoms with E-state index in [1.807, 2.05) is 36.4 Å². The Hall–Kier alpha value is -1.04. The summed E-state index contributed by atoms with van der Waals surface area (Å²) in [6.45, 7) is 6.00. The summed E-state index contributed by atoms with van der Waals surface area (Å²) in [7, 11) is 0. The lowest BCUT2D eigenvalue weighted by atomic mass is 10.0. The largest absolute Gasteiger partial charge is 0.106 e. The van der Waals surface area contributed by atoms with Crippen molar-refractivity contribution in [2.45, 2.75) is 38.5 Å². The van der Waals surface area contributed by atoms with Crippen LogP contribution in [-0.2, 0) is 0 Å². The molecule has 1 fully saturated rings. The summed E-state index contributed by atoms with van der Waals surface area (Å²) >= 11 is 0. The molecule has 14 heavy (non-hydrogen) atoms. The monoisotopic (exact) mass is 190 g/mol. The lowest BCUT2D eigenvalue weighted by Gasteiger charge is -2.05. The minimum absolute atomic E-state index is 1.50. The van der Waals surface area contributed by atoms with E-state index in [4.69, 9.17) is 0 Å². The van der Waals surface area contributed by atoms with E-state index in [-0.39, 0.29) is 0 Å². The van der Waals surface area contributed by atoms with Crippen molar-refractivity contribution >= 4 is 0 Å². The summed E-state index contributed by atoms with van der Waals surface area (Å²) in [6, 6.07) is 12.0. The number of hydrogen-bond acceptors (Lipinski definition) is 0. The molecule has 0 radical (unpaired) electrons. The van der Waals surface area contributed by atoms with E-state index >= 15 is 0 Å². The van der Waals surface area contributed by atoms with Crippen LogP contribution in [0.15, 0.2) is 49.6 Å². The van der Waals surface area contributed by atoms with Crippen LogP contribution in [0.1, 0.15) is 38.5 Å². The highest BCUT2D eigenvalue weighted by atomic mass is 14.0. The molecule has 0 heteroatoms. The first-order chi connectivity index (χ1) is 7.00. The van der Waals surface area contributed by atoms with Gasteiger partial charge in [0, 0.05) is 0 Å². The molecule has 1 saturated carbocycles. The van der Waals surface area contributed by atoms with E-state index in [1.165, 1.54) is 38.5 Å². The third-order valence-corrected chi connectivity index (χ3v) is 2.17. The molecule has 0 unspecified atom stereocenters. The van der Waals surface area contributed by atoms with Gasteiger partial charge in [-0.15, -0.1) is 13.2 Å². The molecule has 0 N–H and O–H groups in total. The minimum Gasteiger partial charge on any atom is -0.106 e. The molecule has 78 valence electrons. The summed E-state index contributed by atoms with van der Waals surface area (Å²) in [4.78, 5) is 0. The highest BCUT2D eigenvalue weighted by Gasteiger charge is 1.95. The molecule has 0 amide bonds. The van der Waals surface area contributed by atoms with Crippen LogP contribution in [-0.4, -0.2) is 0 Å². The molecule has 0 saturated heterocycles. The van der Waals surface area contributed by atoms with Gasteiger partial charge in [-0.05, 0) is 0 Å². The fourth-order valence-electron chi connectivity index (χ4n) is 1.45. The quantitative estimate of drug-likeness (QED) is 0.514. The second-order valence-corrected chi connectivity index (χ2v) is 3.28. The van der Waals surface area contributed by atoms with Gasteiger partial charge in [0.05, 0.1) is 0 Å². The number of hydrogen-bond donors (Lipinski definition) is 0. The Morgan fingerprint density at radius 3 is 0.714 bits per heavy atom. The van der Waals surface area contributed by atoms with Crippen LogP contribution in [0, 0.1) is 0 Å². The molecule has 0 spiro atoms. The predicted molar refractivity (Wildman–Crippen MR) is 65.4 cm³/mol. The van der Waals surface area contributed by atoms with Crippen molar-refractivity contribution < 1.29 is 0 Å². The lowest BCUT2D eigenvalue weighted by Crippen LogP contribution is -1.85. The second kappa shape index (κ2) is 12.0. The predicted octanol–water partition coefficient (Wildman–Crippen LogP) is 4.83. The van der Waals surface area contributed by atoms with Crippen molar-refractivity contribution in [1.82, 2.24) is 0 Å². The normalized spacial score (nSPS) is 14.0. The molecule has 2 rings (SSSR count). The van der Waals surface area contributed by atoms with Gasteiger partial charge < -0.3 is 0 Å². The molecule has 1 aliphatic rings. The van der Waals surface area contributed by atoms with E-state index in [2.05, 4.69) is 13.2 Å². The first-order valence-electron chi connectivity index (χ1n) is 5.50. The average molecular weight is 190 g/mol. The number of benzene rings is 1. The third-order valence-electron chi connectivity index (χ3n) is 2.17. The fourth-order valence-corrected chi connectivity index (χ4v) is 1.45. The highest BCUT2D eigenvalue weighted by Crippen LogP contribution is 2.15.